The number of methoxy groups -OCH3 is 1. The van der Waals surface area contributed by atoms with Crippen molar-refractivity contribution in [3.8, 4) is 0 Å². The fourth-order valence-corrected chi connectivity index (χ4v) is 2.11. The third kappa shape index (κ3) is 6.08. The van der Waals surface area contributed by atoms with E-state index >= 15 is 0 Å². The van der Waals surface area contributed by atoms with Crippen molar-refractivity contribution in [3.05, 3.63) is 0 Å². The Hall–Kier alpha value is -0.360. The number of hydrogen-bond donors (Lipinski definition) is 2. The first-order valence-electron chi connectivity index (χ1n) is 6.76. The van der Waals surface area contributed by atoms with E-state index in [1.807, 2.05) is 13.8 Å². The van der Waals surface area contributed by atoms with Crippen molar-refractivity contribution in [2.24, 2.45) is 0 Å². The molecule has 0 unspecified atom stereocenters. The molecule has 0 aromatic heterocycles. The van der Waals surface area contributed by atoms with Crippen molar-refractivity contribution in [3.63, 3.8) is 0 Å². The Kier molecular flexibility index (Phi) is 9.35. The zero-order chi connectivity index (χ0) is 13.4. The maximum absolute atomic E-state index is 12.1. The molecule has 1 aliphatic heterocycles. The minimum absolute atomic E-state index is 0. The molecule has 19 heavy (non-hydrogen) atoms. The van der Waals surface area contributed by atoms with E-state index in [-0.39, 0.29) is 24.4 Å². The lowest BCUT2D eigenvalue weighted by Crippen LogP contribution is -2.54. The van der Waals surface area contributed by atoms with Crippen molar-refractivity contribution < 1.29 is 14.3 Å². The zero-order valence-electron chi connectivity index (χ0n) is 12.2. The molecule has 1 heterocycles. The van der Waals surface area contributed by atoms with Crippen LogP contribution in [0.3, 0.4) is 0 Å². The van der Waals surface area contributed by atoms with Gasteiger partial charge in [-0.25, -0.2) is 0 Å². The SMILES string of the molecule is COC1(C(=O)NCCCOC(C)C)CCNCC1.Cl. The minimum atomic E-state index is -0.635. The summed E-state index contributed by atoms with van der Waals surface area (Å²) in [4.78, 5) is 12.1. The third-order valence-electron chi connectivity index (χ3n) is 3.27. The molecule has 0 aliphatic carbocycles. The molecule has 0 spiro atoms. The highest BCUT2D eigenvalue weighted by molar-refractivity contribution is 5.85. The van der Waals surface area contributed by atoms with Crippen molar-refractivity contribution in [2.45, 2.75) is 44.8 Å². The monoisotopic (exact) mass is 294 g/mol. The van der Waals surface area contributed by atoms with Gasteiger partial charge < -0.3 is 20.1 Å². The topological polar surface area (TPSA) is 59.6 Å². The van der Waals surface area contributed by atoms with Gasteiger partial charge in [-0.05, 0) is 46.2 Å². The highest BCUT2D eigenvalue weighted by atomic mass is 35.5. The smallest absolute Gasteiger partial charge is 0.252 e. The maximum atomic E-state index is 12.1. The number of hydrogen-bond acceptors (Lipinski definition) is 4. The molecule has 1 rings (SSSR count). The maximum Gasteiger partial charge on any atom is 0.252 e. The molecule has 1 saturated heterocycles. The van der Waals surface area contributed by atoms with Gasteiger partial charge in [-0.1, -0.05) is 0 Å². The van der Waals surface area contributed by atoms with Crippen molar-refractivity contribution in [2.75, 3.05) is 33.4 Å². The number of amides is 1. The number of ether oxygens (including phenoxy) is 2. The van der Waals surface area contributed by atoms with Gasteiger partial charge in [0.1, 0.15) is 5.60 Å². The van der Waals surface area contributed by atoms with Crippen LogP contribution in [-0.4, -0.2) is 51.0 Å². The molecule has 1 amide bonds. The van der Waals surface area contributed by atoms with Crippen LogP contribution in [0, 0.1) is 0 Å². The summed E-state index contributed by atoms with van der Waals surface area (Å²) in [5.41, 5.74) is -0.635. The predicted octanol–water partition coefficient (Wildman–Crippen LogP) is 1.11. The Balaban J connectivity index is 0.00000324. The summed E-state index contributed by atoms with van der Waals surface area (Å²) >= 11 is 0. The Bertz CT molecular complexity index is 256. The second kappa shape index (κ2) is 9.53. The number of piperidine rings is 1. The highest BCUT2D eigenvalue weighted by Gasteiger charge is 2.39. The van der Waals surface area contributed by atoms with E-state index in [0.717, 1.165) is 32.4 Å². The molecule has 5 nitrogen and oxygen atoms in total. The van der Waals surface area contributed by atoms with Gasteiger partial charge in [0.2, 0.25) is 0 Å². The van der Waals surface area contributed by atoms with E-state index in [1.54, 1.807) is 7.11 Å². The average molecular weight is 295 g/mol. The van der Waals surface area contributed by atoms with E-state index in [1.165, 1.54) is 0 Å². The van der Waals surface area contributed by atoms with Crippen LogP contribution in [0.15, 0.2) is 0 Å². The largest absolute Gasteiger partial charge is 0.379 e. The second-order valence-electron chi connectivity index (χ2n) is 4.98. The number of rotatable bonds is 7. The van der Waals surface area contributed by atoms with Crippen molar-refractivity contribution >= 4 is 18.3 Å². The first-order chi connectivity index (χ1) is 8.60. The van der Waals surface area contributed by atoms with Crippen LogP contribution in [0.1, 0.15) is 33.1 Å². The van der Waals surface area contributed by atoms with Crippen LogP contribution in [0.2, 0.25) is 0 Å². The number of carbonyl (C=O) groups excluding carboxylic acids is 1. The normalized spacial score (nSPS) is 17.9. The van der Waals surface area contributed by atoms with E-state index in [9.17, 15) is 4.79 Å². The predicted molar refractivity (Wildman–Crippen MR) is 77.8 cm³/mol. The summed E-state index contributed by atoms with van der Waals surface area (Å²) in [5.74, 6) is 0.0102. The summed E-state index contributed by atoms with van der Waals surface area (Å²) < 4.78 is 10.9. The van der Waals surface area contributed by atoms with Crippen LogP contribution in [-0.2, 0) is 14.3 Å². The van der Waals surface area contributed by atoms with Crippen LogP contribution in [0.25, 0.3) is 0 Å². The lowest BCUT2D eigenvalue weighted by atomic mass is 9.91. The van der Waals surface area contributed by atoms with E-state index in [0.29, 0.717) is 13.2 Å². The Morgan fingerprint density at radius 1 is 1.37 bits per heavy atom. The van der Waals surface area contributed by atoms with Gasteiger partial charge in [0, 0.05) is 20.3 Å². The molecule has 0 atom stereocenters. The van der Waals surface area contributed by atoms with E-state index < -0.39 is 5.60 Å². The van der Waals surface area contributed by atoms with Crippen molar-refractivity contribution in [1.29, 1.82) is 0 Å². The molecule has 0 aromatic rings. The van der Waals surface area contributed by atoms with Crippen LogP contribution in [0.5, 0.6) is 0 Å². The van der Waals surface area contributed by atoms with Gasteiger partial charge in [0.05, 0.1) is 6.10 Å². The standard InChI is InChI=1S/C13H26N2O3.ClH/c1-11(2)18-10-4-7-15-12(16)13(17-3)5-8-14-9-6-13;/h11,14H,4-10H2,1-3H3,(H,15,16);1H. The fraction of sp³-hybridized carbons (Fsp3) is 0.923. The minimum Gasteiger partial charge on any atom is -0.379 e. The van der Waals surface area contributed by atoms with Gasteiger partial charge in [0.15, 0.2) is 0 Å². The third-order valence-corrected chi connectivity index (χ3v) is 3.27. The first-order valence-corrected chi connectivity index (χ1v) is 6.76. The van der Waals surface area contributed by atoms with Gasteiger partial charge in [-0.3, -0.25) is 4.79 Å². The molecule has 114 valence electrons. The quantitative estimate of drug-likeness (QED) is 0.691. The summed E-state index contributed by atoms with van der Waals surface area (Å²) in [6.45, 7) is 7.00. The molecule has 6 heteroatoms. The molecule has 1 fully saturated rings. The van der Waals surface area contributed by atoms with Gasteiger partial charge >= 0.3 is 0 Å². The average Bonchev–Trinajstić information content (AvgIpc) is 2.38. The second-order valence-corrected chi connectivity index (χ2v) is 4.98. The van der Waals surface area contributed by atoms with E-state index in [4.69, 9.17) is 9.47 Å². The molecular weight excluding hydrogens is 268 g/mol. The Morgan fingerprint density at radius 2 is 2.00 bits per heavy atom. The van der Waals surface area contributed by atoms with Crippen LogP contribution in [0.4, 0.5) is 0 Å². The van der Waals surface area contributed by atoms with Crippen LogP contribution < -0.4 is 10.6 Å². The first kappa shape index (κ1) is 18.6. The molecule has 0 radical (unpaired) electrons. The molecule has 2 N–H and O–H groups in total. The number of nitrogens with one attached hydrogen (secondary N) is 2. The fourth-order valence-electron chi connectivity index (χ4n) is 2.11. The summed E-state index contributed by atoms with van der Waals surface area (Å²) in [6, 6.07) is 0. The molecule has 0 saturated carbocycles. The lowest BCUT2D eigenvalue weighted by molar-refractivity contribution is -0.146. The zero-order valence-corrected chi connectivity index (χ0v) is 13.0. The molecule has 0 bridgehead atoms. The molecular formula is C13H27ClN2O3. The Labute approximate surface area is 122 Å². The highest BCUT2D eigenvalue weighted by Crippen LogP contribution is 2.22. The summed E-state index contributed by atoms with van der Waals surface area (Å²) in [6.07, 6.45) is 2.55. The van der Waals surface area contributed by atoms with Gasteiger partial charge in [-0.15, -0.1) is 12.4 Å². The van der Waals surface area contributed by atoms with E-state index in [2.05, 4.69) is 10.6 Å². The summed E-state index contributed by atoms with van der Waals surface area (Å²) in [7, 11) is 1.62. The Morgan fingerprint density at radius 3 is 2.53 bits per heavy atom. The van der Waals surface area contributed by atoms with Gasteiger partial charge in [-0.2, -0.15) is 0 Å². The van der Waals surface area contributed by atoms with Crippen LogP contribution >= 0.6 is 12.4 Å². The van der Waals surface area contributed by atoms with Crippen molar-refractivity contribution in [1.82, 2.24) is 10.6 Å². The number of halogens is 1. The summed E-state index contributed by atoms with van der Waals surface area (Å²) in [5, 5.41) is 6.18. The number of carbonyl (C=O) groups is 1. The molecule has 0 aromatic carbocycles. The lowest BCUT2D eigenvalue weighted by Gasteiger charge is -2.34. The molecule has 1 aliphatic rings. The van der Waals surface area contributed by atoms with Gasteiger partial charge in [0.25, 0.3) is 5.91 Å².